The molecule has 2 aliphatic heterocycles. The van der Waals surface area contributed by atoms with Crippen LogP contribution in [0, 0.1) is 6.92 Å². The van der Waals surface area contributed by atoms with Crippen LogP contribution >= 0.6 is 0 Å². The molecule has 3 fully saturated rings. The Morgan fingerprint density at radius 1 is 1.29 bits per heavy atom. The summed E-state index contributed by atoms with van der Waals surface area (Å²) in [5, 5.41) is 3.02. The second kappa shape index (κ2) is 5.50. The second-order valence-electron chi connectivity index (χ2n) is 7.52. The number of aryl methyl sites for hydroxylation is 1. The average molecular weight is 327 g/mol. The lowest BCUT2D eigenvalue weighted by Gasteiger charge is -2.47. The van der Waals surface area contributed by atoms with Gasteiger partial charge < -0.3 is 15.1 Å². The van der Waals surface area contributed by atoms with Gasteiger partial charge in [-0.05, 0) is 37.3 Å². The van der Waals surface area contributed by atoms with E-state index in [0.29, 0.717) is 6.54 Å². The number of likely N-dealkylation sites (tertiary alicyclic amines) is 1. The summed E-state index contributed by atoms with van der Waals surface area (Å²) < 4.78 is 0. The van der Waals surface area contributed by atoms with E-state index < -0.39 is 0 Å². The maximum absolute atomic E-state index is 13.4. The molecule has 0 radical (unpaired) electrons. The highest BCUT2D eigenvalue weighted by atomic mass is 16.2. The summed E-state index contributed by atoms with van der Waals surface area (Å²) in [7, 11) is 1.85. The maximum Gasteiger partial charge on any atom is 0.317 e. The fourth-order valence-corrected chi connectivity index (χ4v) is 4.68. The Bertz CT molecular complexity index is 683. The Balaban J connectivity index is 1.57. The van der Waals surface area contributed by atoms with Crippen molar-refractivity contribution in [3.05, 3.63) is 35.4 Å². The highest BCUT2D eigenvalue weighted by Gasteiger charge is 2.50. The molecule has 1 aromatic carbocycles. The zero-order valence-corrected chi connectivity index (χ0v) is 14.4. The van der Waals surface area contributed by atoms with Crippen molar-refractivity contribution in [2.75, 3.05) is 20.1 Å². The molecule has 2 atom stereocenters. The molecule has 0 bridgehead atoms. The number of piperidine rings is 1. The van der Waals surface area contributed by atoms with E-state index in [1.807, 2.05) is 24.1 Å². The SMILES string of the molecule is Cc1ccccc1C1(C(=O)N2CC[C@H]3[C@@H](C2)NC(=O)N3C)CCC1. The van der Waals surface area contributed by atoms with E-state index in [9.17, 15) is 9.59 Å². The van der Waals surface area contributed by atoms with Gasteiger partial charge in [-0.25, -0.2) is 4.79 Å². The lowest BCUT2D eigenvalue weighted by Crippen LogP contribution is -2.58. The van der Waals surface area contributed by atoms with Gasteiger partial charge >= 0.3 is 6.03 Å². The summed E-state index contributed by atoms with van der Waals surface area (Å²) in [6, 6.07) is 8.55. The maximum atomic E-state index is 13.4. The van der Waals surface area contributed by atoms with Gasteiger partial charge in [0.25, 0.3) is 0 Å². The Morgan fingerprint density at radius 2 is 2.04 bits per heavy atom. The molecular weight excluding hydrogens is 302 g/mol. The zero-order valence-electron chi connectivity index (χ0n) is 14.4. The number of carbonyl (C=O) groups is 2. The van der Waals surface area contributed by atoms with E-state index in [1.165, 1.54) is 11.1 Å². The molecule has 5 heteroatoms. The standard InChI is InChI=1S/C19H25N3O2/c1-13-6-3-4-7-14(13)19(9-5-10-19)17(23)22-11-8-16-15(12-22)20-18(24)21(16)2/h3-4,6-7,15-16H,5,8-12H2,1-2H3,(H,20,24)/t15-,16+/m1/s1. The van der Waals surface area contributed by atoms with Crippen molar-refractivity contribution in [2.45, 2.75) is 50.1 Å². The predicted octanol–water partition coefficient (Wildman–Crippen LogP) is 2.04. The summed E-state index contributed by atoms with van der Waals surface area (Å²) in [5.41, 5.74) is 2.05. The number of nitrogens with zero attached hydrogens (tertiary/aromatic N) is 2. The molecule has 128 valence electrons. The molecule has 3 amide bonds. The van der Waals surface area contributed by atoms with Gasteiger partial charge in [-0.15, -0.1) is 0 Å². The molecule has 5 nitrogen and oxygen atoms in total. The van der Waals surface area contributed by atoms with Gasteiger partial charge in [0.05, 0.1) is 17.5 Å². The summed E-state index contributed by atoms with van der Waals surface area (Å²) in [6.45, 7) is 3.47. The zero-order chi connectivity index (χ0) is 16.9. The van der Waals surface area contributed by atoms with Crippen LogP contribution < -0.4 is 5.32 Å². The van der Waals surface area contributed by atoms with Crippen LogP contribution in [-0.2, 0) is 10.2 Å². The van der Waals surface area contributed by atoms with Gasteiger partial charge in [0.15, 0.2) is 0 Å². The van der Waals surface area contributed by atoms with Crippen molar-refractivity contribution >= 4 is 11.9 Å². The van der Waals surface area contributed by atoms with Gasteiger partial charge in [0, 0.05) is 20.1 Å². The van der Waals surface area contributed by atoms with Crippen LogP contribution in [0.2, 0.25) is 0 Å². The van der Waals surface area contributed by atoms with Gasteiger partial charge in [-0.2, -0.15) is 0 Å². The molecule has 0 spiro atoms. The van der Waals surface area contributed by atoms with Gasteiger partial charge in [0.1, 0.15) is 0 Å². The summed E-state index contributed by atoms with van der Waals surface area (Å²) >= 11 is 0. The summed E-state index contributed by atoms with van der Waals surface area (Å²) in [4.78, 5) is 29.0. The Morgan fingerprint density at radius 3 is 2.71 bits per heavy atom. The van der Waals surface area contributed by atoms with E-state index in [2.05, 4.69) is 24.4 Å². The van der Waals surface area contributed by atoms with Crippen LogP contribution in [0.5, 0.6) is 0 Å². The smallest absolute Gasteiger partial charge is 0.317 e. The lowest BCUT2D eigenvalue weighted by atomic mass is 9.62. The van der Waals surface area contributed by atoms with Crippen LogP contribution in [0.4, 0.5) is 4.79 Å². The van der Waals surface area contributed by atoms with Crippen molar-refractivity contribution in [2.24, 2.45) is 0 Å². The number of urea groups is 1. The number of carbonyl (C=O) groups excluding carboxylic acids is 2. The highest BCUT2D eigenvalue weighted by molar-refractivity contribution is 5.90. The summed E-state index contributed by atoms with van der Waals surface area (Å²) in [5.74, 6) is 0.255. The van der Waals surface area contributed by atoms with Crippen molar-refractivity contribution in [3.63, 3.8) is 0 Å². The van der Waals surface area contributed by atoms with E-state index in [4.69, 9.17) is 0 Å². The molecule has 2 saturated heterocycles. The number of hydrogen-bond donors (Lipinski definition) is 1. The molecule has 1 N–H and O–H groups in total. The number of fused-ring (bicyclic) bond motifs is 1. The molecule has 0 aromatic heterocycles. The third-order valence-electron chi connectivity index (χ3n) is 6.27. The third kappa shape index (κ3) is 2.14. The first-order valence-corrected chi connectivity index (χ1v) is 8.92. The number of benzene rings is 1. The van der Waals surface area contributed by atoms with Crippen molar-refractivity contribution in [1.82, 2.24) is 15.1 Å². The van der Waals surface area contributed by atoms with Crippen LogP contribution in [0.25, 0.3) is 0 Å². The fraction of sp³-hybridized carbons (Fsp3) is 0.579. The normalized spacial score (nSPS) is 28.2. The van der Waals surface area contributed by atoms with Crippen molar-refractivity contribution in [3.8, 4) is 0 Å². The van der Waals surface area contributed by atoms with Gasteiger partial charge in [-0.3, -0.25) is 4.79 Å². The average Bonchev–Trinajstić information content (AvgIpc) is 2.82. The molecule has 2 heterocycles. The Hall–Kier alpha value is -2.04. The van der Waals surface area contributed by atoms with E-state index >= 15 is 0 Å². The number of amides is 3. The van der Waals surface area contributed by atoms with Crippen molar-refractivity contribution < 1.29 is 9.59 Å². The van der Waals surface area contributed by atoms with E-state index in [0.717, 1.165) is 32.2 Å². The minimum absolute atomic E-state index is 0.0171. The molecule has 1 aromatic rings. The molecule has 0 unspecified atom stereocenters. The fourth-order valence-electron chi connectivity index (χ4n) is 4.68. The minimum Gasteiger partial charge on any atom is -0.340 e. The number of rotatable bonds is 2. The third-order valence-corrected chi connectivity index (χ3v) is 6.27. The second-order valence-corrected chi connectivity index (χ2v) is 7.52. The molecule has 1 saturated carbocycles. The molecular formula is C19H25N3O2. The number of likely N-dealkylation sites (N-methyl/N-ethyl adjacent to an activating group) is 1. The van der Waals surface area contributed by atoms with Crippen LogP contribution in [0.3, 0.4) is 0 Å². The largest absolute Gasteiger partial charge is 0.340 e. The van der Waals surface area contributed by atoms with E-state index in [1.54, 1.807) is 4.90 Å². The first-order chi connectivity index (χ1) is 11.5. The monoisotopic (exact) mass is 327 g/mol. The quantitative estimate of drug-likeness (QED) is 0.904. The Labute approximate surface area is 143 Å². The van der Waals surface area contributed by atoms with Crippen molar-refractivity contribution in [1.29, 1.82) is 0 Å². The minimum atomic E-state index is -0.341. The predicted molar refractivity (Wildman–Crippen MR) is 91.8 cm³/mol. The summed E-state index contributed by atoms with van der Waals surface area (Å²) in [6.07, 6.45) is 3.84. The van der Waals surface area contributed by atoms with Crippen LogP contribution in [-0.4, -0.2) is 54.0 Å². The topological polar surface area (TPSA) is 52.7 Å². The van der Waals surface area contributed by atoms with Gasteiger partial charge in [-0.1, -0.05) is 30.7 Å². The molecule has 1 aliphatic carbocycles. The van der Waals surface area contributed by atoms with Gasteiger partial charge in [0.2, 0.25) is 5.91 Å². The van der Waals surface area contributed by atoms with E-state index in [-0.39, 0.29) is 29.4 Å². The molecule has 24 heavy (non-hydrogen) atoms. The lowest BCUT2D eigenvalue weighted by molar-refractivity contribution is -0.142. The first kappa shape index (κ1) is 15.5. The first-order valence-electron chi connectivity index (χ1n) is 8.92. The van der Waals surface area contributed by atoms with Crippen LogP contribution in [0.1, 0.15) is 36.8 Å². The molecule has 3 aliphatic rings. The number of nitrogens with one attached hydrogen (secondary N) is 1. The highest BCUT2D eigenvalue weighted by Crippen LogP contribution is 2.46. The molecule has 4 rings (SSSR count). The number of hydrogen-bond acceptors (Lipinski definition) is 2. The van der Waals surface area contributed by atoms with Crippen LogP contribution in [0.15, 0.2) is 24.3 Å². The Kier molecular flexibility index (Phi) is 3.55.